The number of aryl methyl sites for hydroxylation is 1. The lowest BCUT2D eigenvalue weighted by atomic mass is 9.84. The molecule has 0 aliphatic heterocycles. The number of benzene rings is 1. The summed E-state index contributed by atoms with van der Waals surface area (Å²) < 4.78 is 0. The lowest BCUT2D eigenvalue weighted by Gasteiger charge is -2.26. The highest BCUT2D eigenvalue weighted by atomic mass is 35.5. The second-order valence-electron chi connectivity index (χ2n) is 6.12. The fourth-order valence-corrected chi connectivity index (χ4v) is 3.79. The van der Waals surface area contributed by atoms with Crippen LogP contribution < -0.4 is 5.56 Å². The molecule has 21 heavy (non-hydrogen) atoms. The monoisotopic (exact) mass is 303 g/mol. The average molecular weight is 304 g/mol. The molecule has 1 aromatic carbocycles. The zero-order valence-electron chi connectivity index (χ0n) is 12.5. The van der Waals surface area contributed by atoms with Crippen molar-refractivity contribution in [3.05, 3.63) is 45.7 Å². The van der Waals surface area contributed by atoms with E-state index < -0.39 is 0 Å². The number of aromatic amines is 1. The fourth-order valence-electron chi connectivity index (χ4n) is 3.40. The van der Waals surface area contributed by atoms with Gasteiger partial charge in [-0.15, -0.1) is 11.6 Å². The first-order valence-electron chi connectivity index (χ1n) is 7.99. The quantitative estimate of drug-likeness (QED) is 0.799. The smallest absolute Gasteiger partial charge is 0.251 e. The minimum absolute atomic E-state index is 0.0208. The van der Waals surface area contributed by atoms with Crippen LogP contribution in [-0.2, 0) is 6.42 Å². The topological polar surface area (TPSA) is 32.9 Å². The highest BCUT2D eigenvalue weighted by molar-refractivity contribution is 6.21. The number of halogens is 1. The first kappa shape index (κ1) is 14.6. The minimum Gasteiger partial charge on any atom is -0.322 e. The van der Waals surface area contributed by atoms with Crippen molar-refractivity contribution in [3.63, 3.8) is 0 Å². The van der Waals surface area contributed by atoms with E-state index in [1.807, 2.05) is 19.1 Å². The van der Waals surface area contributed by atoms with Gasteiger partial charge in [0, 0.05) is 11.1 Å². The van der Waals surface area contributed by atoms with Gasteiger partial charge in [-0.25, -0.2) is 0 Å². The summed E-state index contributed by atoms with van der Waals surface area (Å²) in [5.74, 6) is 0.589. The maximum Gasteiger partial charge on any atom is 0.251 e. The summed E-state index contributed by atoms with van der Waals surface area (Å²) in [6, 6.07) is 8.21. The number of hydrogen-bond donors (Lipinski definition) is 1. The Morgan fingerprint density at radius 2 is 2.00 bits per heavy atom. The van der Waals surface area contributed by atoms with Crippen LogP contribution in [0.3, 0.4) is 0 Å². The number of fused-ring (bicyclic) bond motifs is 1. The summed E-state index contributed by atoms with van der Waals surface area (Å²) >= 11 is 6.72. The molecule has 1 aliphatic rings. The predicted octanol–water partition coefficient (Wildman–Crippen LogP) is 4.95. The van der Waals surface area contributed by atoms with Gasteiger partial charge in [0.2, 0.25) is 0 Å². The van der Waals surface area contributed by atoms with E-state index >= 15 is 0 Å². The Labute approximate surface area is 130 Å². The average Bonchev–Trinajstić information content (AvgIpc) is 2.54. The van der Waals surface area contributed by atoms with Gasteiger partial charge in [-0.3, -0.25) is 4.79 Å². The molecule has 112 valence electrons. The number of H-pyrrole nitrogens is 1. The third kappa shape index (κ3) is 3.01. The molecule has 3 heteroatoms. The third-order valence-corrected chi connectivity index (χ3v) is 5.32. The highest BCUT2D eigenvalue weighted by Gasteiger charge is 2.23. The molecule has 0 spiro atoms. The molecule has 3 rings (SSSR count). The van der Waals surface area contributed by atoms with Crippen molar-refractivity contribution >= 4 is 22.5 Å². The van der Waals surface area contributed by atoms with E-state index in [1.54, 1.807) is 0 Å². The van der Waals surface area contributed by atoms with Gasteiger partial charge in [0.1, 0.15) is 0 Å². The number of hydrogen-bond acceptors (Lipinski definition) is 1. The molecule has 2 aromatic rings. The number of alkyl halides is 1. The number of aromatic nitrogens is 1. The van der Waals surface area contributed by atoms with Crippen LogP contribution in [0.2, 0.25) is 0 Å². The number of rotatable bonds is 3. The number of pyridine rings is 1. The molecule has 0 radical (unpaired) electrons. The van der Waals surface area contributed by atoms with Gasteiger partial charge in [0.15, 0.2) is 0 Å². The van der Waals surface area contributed by atoms with Crippen LogP contribution in [0.25, 0.3) is 10.9 Å². The normalized spacial score (nSPS) is 18.0. The molecule has 1 unspecified atom stereocenters. The standard InChI is InChI=1S/C18H22ClNO/c1-2-12-10-15-11-14(8-9-16(15)20-18(12)21)17(19)13-6-4-3-5-7-13/h8-11,13,17H,2-7H2,1H3,(H,20,21). The van der Waals surface area contributed by atoms with E-state index in [-0.39, 0.29) is 10.9 Å². The lowest BCUT2D eigenvalue weighted by molar-refractivity contribution is 0.348. The Balaban J connectivity index is 1.95. The predicted molar refractivity (Wildman–Crippen MR) is 89.1 cm³/mol. The summed E-state index contributed by atoms with van der Waals surface area (Å²) in [6.45, 7) is 2.01. The Bertz CT molecular complexity index is 685. The van der Waals surface area contributed by atoms with Crippen LogP contribution in [0.4, 0.5) is 0 Å². The molecule has 0 amide bonds. The zero-order valence-corrected chi connectivity index (χ0v) is 13.2. The van der Waals surface area contributed by atoms with Gasteiger partial charge in [0.05, 0.1) is 5.38 Å². The van der Waals surface area contributed by atoms with Crippen LogP contribution >= 0.6 is 11.6 Å². The molecule has 1 saturated carbocycles. The number of nitrogens with one attached hydrogen (secondary N) is 1. The molecule has 0 saturated heterocycles. The molecule has 1 heterocycles. The molecule has 1 aromatic heterocycles. The first-order valence-corrected chi connectivity index (χ1v) is 8.42. The van der Waals surface area contributed by atoms with Crippen molar-refractivity contribution in [1.82, 2.24) is 4.98 Å². The van der Waals surface area contributed by atoms with Crippen molar-refractivity contribution < 1.29 is 0 Å². The molecule has 1 N–H and O–H groups in total. The van der Waals surface area contributed by atoms with Crippen molar-refractivity contribution in [1.29, 1.82) is 0 Å². The minimum atomic E-state index is 0.0208. The molecule has 2 nitrogen and oxygen atoms in total. The largest absolute Gasteiger partial charge is 0.322 e. The van der Waals surface area contributed by atoms with Crippen LogP contribution in [0.5, 0.6) is 0 Å². The van der Waals surface area contributed by atoms with Gasteiger partial charge >= 0.3 is 0 Å². The summed E-state index contributed by atoms with van der Waals surface area (Å²) in [7, 11) is 0. The lowest BCUT2D eigenvalue weighted by Crippen LogP contribution is -2.13. The molecular weight excluding hydrogens is 282 g/mol. The van der Waals surface area contributed by atoms with E-state index in [2.05, 4.69) is 17.1 Å². The van der Waals surface area contributed by atoms with Crippen LogP contribution in [-0.4, -0.2) is 4.98 Å². The molecule has 1 aliphatic carbocycles. The highest BCUT2D eigenvalue weighted by Crippen LogP contribution is 2.39. The van der Waals surface area contributed by atoms with Gasteiger partial charge in [0.25, 0.3) is 5.56 Å². The maximum atomic E-state index is 11.8. The van der Waals surface area contributed by atoms with Crippen molar-refractivity contribution in [3.8, 4) is 0 Å². The second kappa shape index (κ2) is 6.23. The van der Waals surface area contributed by atoms with E-state index in [4.69, 9.17) is 11.6 Å². The molecule has 0 bridgehead atoms. The SMILES string of the molecule is CCc1cc2cc(C(Cl)C3CCCCC3)ccc2[nH]c1=O. The summed E-state index contributed by atoms with van der Waals surface area (Å²) in [5, 5.41) is 1.18. The van der Waals surface area contributed by atoms with E-state index in [0.29, 0.717) is 5.92 Å². The maximum absolute atomic E-state index is 11.8. The second-order valence-corrected chi connectivity index (χ2v) is 6.59. The van der Waals surface area contributed by atoms with Gasteiger partial charge in [-0.2, -0.15) is 0 Å². The van der Waals surface area contributed by atoms with Gasteiger partial charge < -0.3 is 4.98 Å². The van der Waals surface area contributed by atoms with Crippen molar-refractivity contribution in [2.75, 3.05) is 0 Å². The van der Waals surface area contributed by atoms with Gasteiger partial charge in [-0.1, -0.05) is 32.3 Å². The zero-order chi connectivity index (χ0) is 14.8. The van der Waals surface area contributed by atoms with Gasteiger partial charge in [-0.05, 0) is 54.3 Å². The summed E-state index contributed by atoms with van der Waals surface area (Å²) in [5.41, 5.74) is 2.94. The van der Waals surface area contributed by atoms with Crippen LogP contribution in [0.1, 0.15) is 55.5 Å². The van der Waals surface area contributed by atoms with E-state index in [1.165, 1.54) is 37.7 Å². The summed E-state index contributed by atoms with van der Waals surface area (Å²) in [4.78, 5) is 14.8. The molecule has 1 fully saturated rings. The van der Waals surface area contributed by atoms with E-state index in [0.717, 1.165) is 22.9 Å². The van der Waals surface area contributed by atoms with Crippen LogP contribution in [0.15, 0.2) is 29.1 Å². The Hall–Kier alpha value is -1.28. The fraction of sp³-hybridized carbons (Fsp3) is 0.500. The Morgan fingerprint density at radius 1 is 1.24 bits per heavy atom. The van der Waals surface area contributed by atoms with Crippen molar-refractivity contribution in [2.45, 2.75) is 50.8 Å². The molecule has 1 atom stereocenters. The summed E-state index contributed by atoms with van der Waals surface area (Å²) in [6.07, 6.45) is 7.17. The van der Waals surface area contributed by atoms with Crippen LogP contribution in [0, 0.1) is 5.92 Å². The van der Waals surface area contributed by atoms with E-state index in [9.17, 15) is 4.79 Å². The van der Waals surface area contributed by atoms with Crippen molar-refractivity contribution in [2.24, 2.45) is 5.92 Å². The first-order chi connectivity index (χ1) is 10.2. The molecular formula is C18H22ClNO. The third-order valence-electron chi connectivity index (χ3n) is 4.71. The Morgan fingerprint density at radius 3 is 2.71 bits per heavy atom. The Kier molecular flexibility index (Phi) is 4.34.